The molecule has 0 N–H and O–H groups in total. The second kappa shape index (κ2) is 4.59. The zero-order valence-electron chi connectivity index (χ0n) is 8.34. The van der Waals surface area contributed by atoms with Crippen molar-refractivity contribution in [3.05, 3.63) is 38.7 Å². The van der Waals surface area contributed by atoms with Gasteiger partial charge in [0.05, 0.1) is 11.4 Å². The van der Waals surface area contributed by atoms with Crippen molar-refractivity contribution in [2.75, 3.05) is 11.9 Å². The molecular formula is C11H11NOS2. The van der Waals surface area contributed by atoms with Crippen LogP contribution in [0.3, 0.4) is 0 Å². The number of anilines is 1. The van der Waals surface area contributed by atoms with Gasteiger partial charge in [0.1, 0.15) is 0 Å². The molecule has 0 atom stereocenters. The molecule has 0 unspecified atom stereocenters. The average Bonchev–Trinajstić information content (AvgIpc) is 2.86. The first-order chi connectivity index (χ1) is 7.29. The summed E-state index contributed by atoms with van der Waals surface area (Å²) in [6.07, 6.45) is 0.896. The normalized spacial score (nSPS) is 10.2. The van der Waals surface area contributed by atoms with Crippen LogP contribution in [0.4, 0.5) is 5.69 Å². The standard InChI is InChI=1S/C11H11NOS2/c1-12(6-10-3-2-4-14-10)9-5-11(7-13)15-8-9/h2-5,7-8H,6H2,1H3. The van der Waals surface area contributed by atoms with Gasteiger partial charge in [-0.3, -0.25) is 4.79 Å². The Bertz CT molecular complexity index is 433. The van der Waals surface area contributed by atoms with Gasteiger partial charge >= 0.3 is 0 Å². The molecule has 0 bridgehead atoms. The predicted molar refractivity (Wildman–Crippen MR) is 66.1 cm³/mol. The first kappa shape index (κ1) is 10.4. The van der Waals surface area contributed by atoms with E-state index >= 15 is 0 Å². The van der Waals surface area contributed by atoms with Crippen LogP contribution in [-0.4, -0.2) is 13.3 Å². The molecule has 0 spiro atoms. The highest BCUT2D eigenvalue weighted by molar-refractivity contribution is 7.12. The summed E-state index contributed by atoms with van der Waals surface area (Å²) in [6, 6.07) is 6.09. The zero-order chi connectivity index (χ0) is 10.7. The maximum absolute atomic E-state index is 10.6. The third kappa shape index (κ3) is 2.46. The van der Waals surface area contributed by atoms with Gasteiger partial charge < -0.3 is 4.90 Å². The van der Waals surface area contributed by atoms with Crippen LogP contribution in [0.2, 0.25) is 0 Å². The molecule has 0 aromatic carbocycles. The van der Waals surface area contributed by atoms with Gasteiger partial charge in [-0.25, -0.2) is 0 Å². The highest BCUT2D eigenvalue weighted by atomic mass is 32.1. The first-order valence-electron chi connectivity index (χ1n) is 4.57. The number of hydrogen-bond donors (Lipinski definition) is 0. The Kier molecular flexibility index (Phi) is 3.18. The highest BCUT2D eigenvalue weighted by Gasteiger charge is 2.05. The maximum Gasteiger partial charge on any atom is 0.160 e. The lowest BCUT2D eigenvalue weighted by Gasteiger charge is -2.15. The Morgan fingerprint density at radius 3 is 2.93 bits per heavy atom. The van der Waals surface area contributed by atoms with Crippen molar-refractivity contribution in [1.82, 2.24) is 0 Å². The first-order valence-corrected chi connectivity index (χ1v) is 6.33. The summed E-state index contributed by atoms with van der Waals surface area (Å²) in [7, 11) is 2.04. The molecule has 2 nitrogen and oxygen atoms in total. The fraction of sp³-hybridized carbons (Fsp3) is 0.182. The topological polar surface area (TPSA) is 20.3 Å². The molecule has 0 saturated carbocycles. The van der Waals surface area contributed by atoms with Gasteiger partial charge in [-0.05, 0) is 17.5 Å². The van der Waals surface area contributed by atoms with Crippen molar-refractivity contribution in [2.45, 2.75) is 6.54 Å². The molecule has 0 fully saturated rings. The van der Waals surface area contributed by atoms with Crippen molar-refractivity contribution >= 4 is 34.6 Å². The monoisotopic (exact) mass is 237 g/mol. The average molecular weight is 237 g/mol. The molecule has 0 aliphatic rings. The highest BCUT2D eigenvalue weighted by Crippen LogP contribution is 2.23. The number of carbonyl (C=O) groups is 1. The Balaban J connectivity index is 2.07. The van der Waals surface area contributed by atoms with Gasteiger partial charge in [0.2, 0.25) is 0 Å². The van der Waals surface area contributed by atoms with Crippen LogP contribution in [0.25, 0.3) is 0 Å². The van der Waals surface area contributed by atoms with Crippen LogP contribution >= 0.6 is 22.7 Å². The molecule has 2 aromatic rings. The second-order valence-electron chi connectivity index (χ2n) is 3.26. The number of aldehydes is 1. The molecule has 15 heavy (non-hydrogen) atoms. The number of thiophene rings is 2. The third-order valence-electron chi connectivity index (χ3n) is 2.14. The lowest BCUT2D eigenvalue weighted by atomic mass is 10.3. The molecule has 0 aliphatic carbocycles. The number of hydrogen-bond acceptors (Lipinski definition) is 4. The van der Waals surface area contributed by atoms with Gasteiger partial charge in [-0.15, -0.1) is 22.7 Å². The molecule has 0 aliphatic heterocycles. The Labute approximate surface area is 96.8 Å². The van der Waals surface area contributed by atoms with E-state index in [0.29, 0.717) is 0 Å². The van der Waals surface area contributed by atoms with E-state index in [1.54, 1.807) is 11.3 Å². The SMILES string of the molecule is CN(Cc1cccs1)c1csc(C=O)c1. The van der Waals surface area contributed by atoms with Crippen LogP contribution in [0.15, 0.2) is 29.0 Å². The molecule has 4 heteroatoms. The van der Waals surface area contributed by atoms with Crippen LogP contribution in [0.5, 0.6) is 0 Å². The van der Waals surface area contributed by atoms with Crippen LogP contribution in [0.1, 0.15) is 14.5 Å². The summed E-state index contributed by atoms with van der Waals surface area (Å²) in [5.41, 5.74) is 1.11. The van der Waals surface area contributed by atoms with Crippen molar-refractivity contribution < 1.29 is 4.79 Å². The molecular weight excluding hydrogens is 226 g/mol. The van der Waals surface area contributed by atoms with E-state index in [0.717, 1.165) is 23.4 Å². The van der Waals surface area contributed by atoms with E-state index in [-0.39, 0.29) is 0 Å². The van der Waals surface area contributed by atoms with E-state index in [1.807, 2.05) is 18.5 Å². The zero-order valence-corrected chi connectivity index (χ0v) is 9.98. The summed E-state index contributed by atoms with van der Waals surface area (Å²) < 4.78 is 0. The molecule has 0 radical (unpaired) electrons. The number of rotatable bonds is 4. The summed E-state index contributed by atoms with van der Waals surface area (Å²) >= 11 is 3.23. The minimum absolute atomic E-state index is 0.781. The van der Waals surface area contributed by atoms with Crippen LogP contribution < -0.4 is 4.90 Å². The number of carbonyl (C=O) groups excluding carboxylic acids is 1. The summed E-state index contributed by atoms with van der Waals surface area (Å²) in [4.78, 5) is 14.8. The fourth-order valence-electron chi connectivity index (χ4n) is 1.33. The quantitative estimate of drug-likeness (QED) is 0.761. The van der Waals surface area contributed by atoms with Gasteiger partial charge in [0, 0.05) is 23.0 Å². The Morgan fingerprint density at radius 2 is 2.33 bits per heavy atom. The third-order valence-corrected chi connectivity index (χ3v) is 3.84. The van der Waals surface area contributed by atoms with Crippen molar-refractivity contribution in [3.63, 3.8) is 0 Å². The van der Waals surface area contributed by atoms with Gasteiger partial charge in [0.15, 0.2) is 6.29 Å². The van der Waals surface area contributed by atoms with E-state index in [2.05, 4.69) is 22.4 Å². The molecule has 2 aromatic heterocycles. The summed E-state index contributed by atoms with van der Waals surface area (Å²) in [5, 5.41) is 4.09. The lowest BCUT2D eigenvalue weighted by molar-refractivity contribution is 0.112. The fourth-order valence-corrected chi connectivity index (χ4v) is 2.84. The molecule has 0 amide bonds. The van der Waals surface area contributed by atoms with E-state index in [4.69, 9.17) is 0 Å². The van der Waals surface area contributed by atoms with Crippen molar-refractivity contribution in [1.29, 1.82) is 0 Å². The second-order valence-corrected chi connectivity index (χ2v) is 5.24. The van der Waals surface area contributed by atoms with Gasteiger partial charge in [-0.2, -0.15) is 0 Å². The predicted octanol–water partition coefficient (Wildman–Crippen LogP) is 3.26. The summed E-state index contributed by atoms with van der Waals surface area (Å²) in [6.45, 7) is 0.896. The van der Waals surface area contributed by atoms with Crippen LogP contribution in [0, 0.1) is 0 Å². The van der Waals surface area contributed by atoms with Crippen LogP contribution in [-0.2, 0) is 6.54 Å². The van der Waals surface area contributed by atoms with Gasteiger partial charge in [0.25, 0.3) is 0 Å². The molecule has 78 valence electrons. The largest absolute Gasteiger partial charge is 0.369 e. The minimum atomic E-state index is 0.781. The summed E-state index contributed by atoms with van der Waals surface area (Å²) in [5.74, 6) is 0. The van der Waals surface area contributed by atoms with Crippen molar-refractivity contribution in [3.8, 4) is 0 Å². The van der Waals surface area contributed by atoms with E-state index < -0.39 is 0 Å². The smallest absolute Gasteiger partial charge is 0.160 e. The minimum Gasteiger partial charge on any atom is -0.369 e. The molecule has 0 saturated heterocycles. The van der Waals surface area contributed by atoms with Crippen molar-refractivity contribution in [2.24, 2.45) is 0 Å². The Morgan fingerprint density at radius 1 is 1.47 bits per heavy atom. The number of nitrogens with zero attached hydrogens (tertiary/aromatic N) is 1. The van der Waals surface area contributed by atoms with Gasteiger partial charge in [-0.1, -0.05) is 6.07 Å². The van der Waals surface area contributed by atoms with E-state index in [1.165, 1.54) is 16.2 Å². The Hall–Kier alpha value is -1.13. The maximum atomic E-state index is 10.6. The molecule has 2 heterocycles. The van der Waals surface area contributed by atoms with E-state index in [9.17, 15) is 4.79 Å². The molecule has 2 rings (SSSR count). The lowest BCUT2D eigenvalue weighted by Crippen LogP contribution is -2.14.